The summed E-state index contributed by atoms with van der Waals surface area (Å²) in [5.41, 5.74) is 1.92. The van der Waals surface area contributed by atoms with Crippen LogP contribution in [0.1, 0.15) is 22.8 Å². The second kappa shape index (κ2) is 7.21. The molecule has 0 bridgehead atoms. The third kappa shape index (κ3) is 4.05. The van der Waals surface area contributed by atoms with Gasteiger partial charge in [-0.3, -0.25) is 14.6 Å². The van der Waals surface area contributed by atoms with Crippen LogP contribution in [-0.2, 0) is 11.3 Å². The molecule has 22 heavy (non-hydrogen) atoms. The van der Waals surface area contributed by atoms with Gasteiger partial charge in [-0.1, -0.05) is 6.07 Å². The van der Waals surface area contributed by atoms with Crippen LogP contribution in [0.15, 0.2) is 42.7 Å². The summed E-state index contributed by atoms with van der Waals surface area (Å²) in [6, 6.07) is 8.74. The van der Waals surface area contributed by atoms with Crippen LogP contribution < -0.4 is 15.4 Å². The molecule has 0 unspecified atom stereocenters. The van der Waals surface area contributed by atoms with Crippen molar-refractivity contribution in [2.45, 2.75) is 13.5 Å². The van der Waals surface area contributed by atoms with Crippen molar-refractivity contribution in [1.82, 2.24) is 10.3 Å². The van der Waals surface area contributed by atoms with Crippen LogP contribution in [0.2, 0.25) is 0 Å². The maximum absolute atomic E-state index is 12.0. The van der Waals surface area contributed by atoms with E-state index < -0.39 is 0 Å². The molecule has 2 N–H and O–H groups in total. The quantitative estimate of drug-likeness (QED) is 0.884. The predicted molar refractivity (Wildman–Crippen MR) is 82.7 cm³/mol. The number of rotatable bonds is 5. The topological polar surface area (TPSA) is 80.3 Å². The molecule has 0 aliphatic rings. The van der Waals surface area contributed by atoms with Gasteiger partial charge in [0.15, 0.2) is 0 Å². The zero-order valence-electron chi connectivity index (χ0n) is 12.4. The van der Waals surface area contributed by atoms with Gasteiger partial charge in [0.2, 0.25) is 5.91 Å². The summed E-state index contributed by atoms with van der Waals surface area (Å²) in [6.07, 6.45) is 3.12. The number of carbonyl (C=O) groups excluding carboxylic acids is 2. The van der Waals surface area contributed by atoms with E-state index in [0.29, 0.717) is 23.5 Å². The van der Waals surface area contributed by atoms with Gasteiger partial charge in [0, 0.05) is 25.9 Å². The molecule has 0 fully saturated rings. The summed E-state index contributed by atoms with van der Waals surface area (Å²) in [5, 5.41) is 5.50. The van der Waals surface area contributed by atoms with Crippen molar-refractivity contribution in [2.75, 3.05) is 12.4 Å². The number of nitrogens with one attached hydrogen (secondary N) is 2. The molecule has 2 rings (SSSR count). The molecule has 0 saturated carbocycles. The van der Waals surface area contributed by atoms with E-state index in [1.165, 1.54) is 20.2 Å². The Morgan fingerprint density at radius 1 is 1.27 bits per heavy atom. The molecule has 6 heteroatoms. The van der Waals surface area contributed by atoms with Gasteiger partial charge in [0.05, 0.1) is 18.4 Å². The Morgan fingerprint density at radius 2 is 2.09 bits per heavy atom. The Labute approximate surface area is 128 Å². The highest BCUT2D eigenvalue weighted by Crippen LogP contribution is 2.25. The molecule has 1 heterocycles. The van der Waals surface area contributed by atoms with Crippen molar-refractivity contribution < 1.29 is 14.3 Å². The lowest BCUT2D eigenvalue weighted by Crippen LogP contribution is -2.23. The number of aromatic nitrogens is 1. The summed E-state index contributed by atoms with van der Waals surface area (Å²) in [6.45, 7) is 1.76. The van der Waals surface area contributed by atoms with Gasteiger partial charge in [-0.15, -0.1) is 0 Å². The van der Waals surface area contributed by atoms with Crippen LogP contribution in [0.3, 0.4) is 0 Å². The molecular formula is C16H17N3O3. The fourth-order valence-corrected chi connectivity index (χ4v) is 1.93. The normalized spacial score (nSPS) is 9.91. The highest BCUT2D eigenvalue weighted by Gasteiger charge is 2.08. The predicted octanol–water partition coefficient (Wildman–Crippen LogP) is 1.98. The number of hydrogen-bond donors (Lipinski definition) is 2. The van der Waals surface area contributed by atoms with E-state index in [1.807, 2.05) is 6.07 Å². The largest absolute Gasteiger partial charge is 0.495 e. The standard InChI is InChI=1S/C16H17N3O3/c1-11(20)19-14-8-12(5-6-15(14)22-2)9-18-16(21)13-4-3-7-17-10-13/h3-8,10H,9H2,1-2H3,(H,18,21)(H,19,20). The summed E-state index contributed by atoms with van der Waals surface area (Å²) >= 11 is 0. The van der Waals surface area contributed by atoms with Gasteiger partial charge in [0.1, 0.15) is 5.75 Å². The fraction of sp³-hybridized carbons (Fsp3) is 0.188. The molecular weight excluding hydrogens is 282 g/mol. The number of benzene rings is 1. The minimum absolute atomic E-state index is 0.185. The highest BCUT2D eigenvalue weighted by atomic mass is 16.5. The zero-order valence-corrected chi connectivity index (χ0v) is 12.4. The molecule has 2 aromatic rings. The first kappa shape index (κ1) is 15.5. The number of methoxy groups -OCH3 is 1. The van der Waals surface area contributed by atoms with E-state index in [-0.39, 0.29) is 11.8 Å². The second-order valence-corrected chi connectivity index (χ2v) is 4.64. The summed E-state index contributed by atoms with van der Waals surface area (Å²) in [5.74, 6) is 0.178. The number of pyridine rings is 1. The zero-order chi connectivity index (χ0) is 15.9. The Kier molecular flexibility index (Phi) is 5.08. The Morgan fingerprint density at radius 3 is 2.73 bits per heavy atom. The lowest BCUT2D eigenvalue weighted by molar-refractivity contribution is -0.114. The van der Waals surface area contributed by atoms with E-state index in [2.05, 4.69) is 15.6 Å². The molecule has 0 aliphatic carbocycles. The van der Waals surface area contributed by atoms with Crippen LogP contribution in [0.4, 0.5) is 5.69 Å². The van der Waals surface area contributed by atoms with E-state index in [0.717, 1.165) is 5.56 Å². The smallest absolute Gasteiger partial charge is 0.253 e. The maximum Gasteiger partial charge on any atom is 0.253 e. The second-order valence-electron chi connectivity index (χ2n) is 4.64. The van der Waals surface area contributed by atoms with Gasteiger partial charge in [-0.05, 0) is 29.8 Å². The Bertz CT molecular complexity index is 672. The van der Waals surface area contributed by atoms with Crippen molar-refractivity contribution in [3.63, 3.8) is 0 Å². The van der Waals surface area contributed by atoms with E-state index in [1.54, 1.807) is 30.5 Å². The van der Waals surface area contributed by atoms with Crippen LogP contribution >= 0.6 is 0 Å². The summed E-state index contributed by atoms with van der Waals surface area (Å²) in [7, 11) is 1.53. The molecule has 0 spiro atoms. The molecule has 6 nitrogen and oxygen atoms in total. The monoisotopic (exact) mass is 299 g/mol. The number of nitrogens with zero attached hydrogens (tertiary/aromatic N) is 1. The SMILES string of the molecule is COc1ccc(CNC(=O)c2cccnc2)cc1NC(C)=O. The Balaban J connectivity index is 2.07. The van der Waals surface area contributed by atoms with E-state index >= 15 is 0 Å². The van der Waals surface area contributed by atoms with Gasteiger partial charge in [-0.2, -0.15) is 0 Å². The highest BCUT2D eigenvalue weighted by molar-refractivity contribution is 5.94. The van der Waals surface area contributed by atoms with E-state index in [4.69, 9.17) is 4.74 Å². The molecule has 0 saturated heterocycles. The number of carbonyl (C=O) groups is 2. The van der Waals surface area contributed by atoms with Crippen LogP contribution in [0.25, 0.3) is 0 Å². The number of amides is 2. The molecule has 2 amide bonds. The molecule has 0 radical (unpaired) electrons. The number of hydrogen-bond acceptors (Lipinski definition) is 4. The molecule has 0 atom stereocenters. The first-order chi connectivity index (χ1) is 10.6. The van der Waals surface area contributed by atoms with Crippen LogP contribution in [-0.4, -0.2) is 23.9 Å². The lowest BCUT2D eigenvalue weighted by Gasteiger charge is -2.11. The Hall–Kier alpha value is -2.89. The van der Waals surface area contributed by atoms with Crippen molar-refractivity contribution in [3.05, 3.63) is 53.9 Å². The molecule has 0 aliphatic heterocycles. The van der Waals surface area contributed by atoms with Gasteiger partial charge in [-0.25, -0.2) is 0 Å². The van der Waals surface area contributed by atoms with Gasteiger partial charge < -0.3 is 15.4 Å². The maximum atomic E-state index is 12.0. The minimum Gasteiger partial charge on any atom is -0.495 e. The van der Waals surface area contributed by atoms with Gasteiger partial charge >= 0.3 is 0 Å². The average Bonchev–Trinajstić information content (AvgIpc) is 2.53. The number of anilines is 1. The third-order valence-electron chi connectivity index (χ3n) is 2.95. The van der Waals surface area contributed by atoms with E-state index in [9.17, 15) is 9.59 Å². The average molecular weight is 299 g/mol. The minimum atomic E-state index is -0.204. The van der Waals surface area contributed by atoms with Crippen LogP contribution in [0, 0.1) is 0 Å². The third-order valence-corrected chi connectivity index (χ3v) is 2.95. The van der Waals surface area contributed by atoms with Gasteiger partial charge in [0.25, 0.3) is 5.91 Å². The fourth-order valence-electron chi connectivity index (χ4n) is 1.93. The molecule has 1 aromatic heterocycles. The lowest BCUT2D eigenvalue weighted by atomic mass is 10.1. The first-order valence-corrected chi connectivity index (χ1v) is 6.73. The van der Waals surface area contributed by atoms with Crippen molar-refractivity contribution in [2.24, 2.45) is 0 Å². The van der Waals surface area contributed by atoms with Crippen molar-refractivity contribution >= 4 is 17.5 Å². The van der Waals surface area contributed by atoms with Crippen LogP contribution in [0.5, 0.6) is 5.75 Å². The summed E-state index contributed by atoms with van der Waals surface area (Å²) in [4.78, 5) is 27.1. The summed E-state index contributed by atoms with van der Waals surface area (Å²) < 4.78 is 5.19. The molecule has 114 valence electrons. The first-order valence-electron chi connectivity index (χ1n) is 6.73. The number of ether oxygens (including phenoxy) is 1. The molecule has 1 aromatic carbocycles. The van der Waals surface area contributed by atoms with Crippen molar-refractivity contribution in [3.8, 4) is 5.75 Å². The van der Waals surface area contributed by atoms with Crippen molar-refractivity contribution in [1.29, 1.82) is 0 Å².